The average Bonchev–Trinajstić information content (AvgIpc) is 3.44. The van der Waals surface area contributed by atoms with Crippen LogP contribution in [-0.4, -0.2) is 46.9 Å². The number of aromatic nitrogens is 3. The quantitative estimate of drug-likeness (QED) is 0.500. The Bertz CT molecular complexity index is 921. The van der Waals surface area contributed by atoms with Gasteiger partial charge in [-0.2, -0.15) is 5.10 Å². The van der Waals surface area contributed by atoms with Gasteiger partial charge in [-0.25, -0.2) is 9.67 Å². The van der Waals surface area contributed by atoms with Crippen LogP contribution in [0.25, 0.3) is 0 Å². The van der Waals surface area contributed by atoms with Crippen LogP contribution in [0.15, 0.2) is 72.2 Å². The van der Waals surface area contributed by atoms with Crippen LogP contribution in [0.2, 0.25) is 0 Å². The molecule has 0 saturated carbocycles. The maximum absolute atomic E-state index is 4.40. The van der Waals surface area contributed by atoms with Gasteiger partial charge in [0.15, 0.2) is 5.96 Å². The summed E-state index contributed by atoms with van der Waals surface area (Å²) in [5, 5.41) is 11.2. The van der Waals surface area contributed by atoms with Crippen LogP contribution in [0.4, 0.5) is 5.69 Å². The van der Waals surface area contributed by atoms with Crippen molar-refractivity contribution in [2.45, 2.75) is 25.6 Å². The monoisotopic (exact) mass is 389 g/mol. The fourth-order valence-corrected chi connectivity index (χ4v) is 3.66. The van der Waals surface area contributed by atoms with E-state index in [2.05, 4.69) is 85.2 Å². The van der Waals surface area contributed by atoms with E-state index in [4.69, 9.17) is 0 Å². The van der Waals surface area contributed by atoms with Crippen molar-refractivity contribution in [2.24, 2.45) is 4.99 Å². The Balaban J connectivity index is 1.29. The van der Waals surface area contributed by atoms with Crippen molar-refractivity contribution in [3.05, 3.63) is 78.4 Å². The van der Waals surface area contributed by atoms with Crippen molar-refractivity contribution in [2.75, 3.05) is 25.0 Å². The van der Waals surface area contributed by atoms with Crippen LogP contribution in [0.5, 0.6) is 0 Å². The van der Waals surface area contributed by atoms with Crippen LogP contribution in [0, 0.1) is 0 Å². The lowest BCUT2D eigenvalue weighted by Gasteiger charge is -2.20. The maximum atomic E-state index is 4.40. The largest absolute Gasteiger partial charge is 0.369 e. The summed E-state index contributed by atoms with van der Waals surface area (Å²) < 4.78 is 1.83. The second-order valence-corrected chi connectivity index (χ2v) is 7.25. The van der Waals surface area contributed by atoms with Gasteiger partial charge in [-0.05, 0) is 29.7 Å². The number of rotatable bonds is 6. The lowest BCUT2D eigenvalue weighted by molar-refractivity contribution is 0.648. The van der Waals surface area contributed by atoms with Crippen LogP contribution in [-0.2, 0) is 13.1 Å². The number of nitrogens with zero attached hydrogens (tertiary/aromatic N) is 5. The molecule has 150 valence electrons. The minimum Gasteiger partial charge on any atom is -0.369 e. The van der Waals surface area contributed by atoms with Gasteiger partial charge in [-0.1, -0.05) is 42.5 Å². The molecule has 4 rings (SSSR count). The lowest BCUT2D eigenvalue weighted by atomic mass is 10.1. The molecular formula is C22H27N7. The summed E-state index contributed by atoms with van der Waals surface area (Å²) in [6.07, 6.45) is 4.39. The topological polar surface area (TPSA) is 70.4 Å². The molecule has 0 spiro atoms. The molecule has 1 aliphatic heterocycles. The number of guanidine groups is 1. The molecule has 2 N–H and O–H groups in total. The molecule has 1 unspecified atom stereocenters. The van der Waals surface area contributed by atoms with Gasteiger partial charge in [0.1, 0.15) is 12.7 Å². The zero-order chi connectivity index (χ0) is 19.9. The van der Waals surface area contributed by atoms with E-state index in [9.17, 15) is 0 Å². The summed E-state index contributed by atoms with van der Waals surface area (Å²) in [5.41, 5.74) is 3.69. The van der Waals surface area contributed by atoms with Crippen molar-refractivity contribution in [3.63, 3.8) is 0 Å². The van der Waals surface area contributed by atoms with E-state index >= 15 is 0 Å². The first kappa shape index (κ1) is 19.0. The van der Waals surface area contributed by atoms with E-state index in [1.165, 1.54) is 16.8 Å². The molecule has 1 fully saturated rings. The number of para-hydroxylation sites is 1. The predicted octanol–water partition coefficient (Wildman–Crippen LogP) is 2.27. The Morgan fingerprint density at radius 3 is 2.79 bits per heavy atom. The summed E-state index contributed by atoms with van der Waals surface area (Å²) in [6, 6.07) is 19.5. The molecule has 0 amide bonds. The van der Waals surface area contributed by atoms with Gasteiger partial charge < -0.3 is 15.5 Å². The van der Waals surface area contributed by atoms with Crippen molar-refractivity contribution >= 4 is 11.6 Å². The van der Waals surface area contributed by atoms with Gasteiger partial charge in [0.25, 0.3) is 0 Å². The summed E-state index contributed by atoms with van der Waals surface area (Å²) in [4.78, 5) is 10.8. The van der Waals surface area contributed by atoms with E-state index in [1.807, 2.05) is 11.7 Å². The third-order valence-electron chi connectivity index (χ3n) is 5.14. The molecule has 0 bridgehead atoms. The Morgan fingerprint density at radius 2 is 2.00 bits per heavy atom. The summed E-state index contributed by atoms with van der Waals surface area (Å²) in [7, 11) is 1.82. The van der Waals surface area contributed by atoms with Gasteiger partial charge in [0.2, 0.25) is 0 Å². The number of aliphatic imine (C=N–C) groups is 1. The molecule has 2 heterocycles. The minimum absolute atomic E-state index is 0.389. The van der Waals surface area contributed by atoms with Crippen LogP contribution >= 0.6 is 0 Å². The molecular weight excluding hydrogens is 362 g/mol. The zero-order valence-corrected chi connectivity index (χ0v) is 16.7. The number of nitrogens with one attached hydrogen (secondary N) is 2. The SMILES string of the molecule is CN=C(NCc1cccc(Cn2cncn2)c1)NC1CCN(c2ccccc2)C1. The Labute approximate surface area is 171 Å². The van der Waals surface area contributed by atoms with Gasteiger partial charge in [-0.3, -0.25) is 4.99 Å². The van der Waals surface area contributed by atoms with Crippen LogP contribution < -0.4 is 15.5 Å². The molecule has 2 aromatic carbocycles. The number of hydrogen-bond acceptors (Lipinski definition) is 4. The van der Waals surface area contributed by atoms with Crippen molar-refractivity contribution in [3.8, 4) is 0 Å². The molecule has 7 heteroatoms. The Kier molecular flexibility index (Phi) is 6.04. The third kappa shape index (κ3) is 5.13. The van der Waals surface area contributed by atoms with Crippen LogP contribution in [0.3, 0.4) is 0 Å². The Hall–Kier alpha value is -3.35. The molecule has 1 aliphatic rings. The highest BCUT2D eigenvalue weighted by atomic mass is 15.3. The summed E-state index contributed by atoms with van der Waals surface area (Å²) in [5.74, 6) is 0.839. The smallest absolute Gasteiger partial charge is 0.191 e. The van der Waals surface area contributed by atoms with Gasteiger partial charge in [0, 0.05) is 38.4 Å². The van der Waals surface area contributed by atoms with Gasteiger partial charge in [-0.15, -0.1) is 0 Å². The zero-order valence-electron chi connectivity index (χ0n) is 16.7. The standard InChI is InChI=1S/C22H27N7/c1-23-22(27-20-10-11-28(15-20)21-8-3-2-4-9-21)25-13-18-6-5-7-19(12-18)14-29-17-24-16-26-29/h2-9,12,16-17,20H,10-11,13-15H2,1H3,(H2,23,25,27). The first-order valence-electron chi connectivity index (χ1n) is 9.97. The molecule has 1 aromatic heterocycles. The normalized spacial score (nSPS) is 16.8. The fraction of sp³-hybridized carbons (Fsp3) is 0.318. The molecule has 7 nitrogen and oxygen atoms in total. The highest BCUT2D eigenvalue weighted by Gasteiger charge is 2.23. The van der Waals surface area contributed by atoms with Gasteiger partial charge in [0.05, 0.1) is 6.54 Å². The van der Waals surface area contributed by atoms with E-state index < -0.39 is 0 Å². The average molecular weight is 390 g/mol. The first-order chi connectivity index (χ1) is 14.3. The predicted molar refractivity (Wildman–Crippen MR) is 116 cm³/mol. The second-order valence-electron chi connectivity index (χ2n) is 7.25. The lowest BCUT2D eigenvalue weighted by Crippen LogP contribution is -2.44. The number of hydrogen-bond donors (Lipinski definition) is 2. The van der Waals surface area contributed by atoms with E-state index in [0.29, 0.717) is 6.04 Å². The van der Waals surface area contributed by atoms with E-state index in [1.54, 1.807) is 12.7 Å². The maximum Gasteiger partial charge on any atom is 0.191 e. The molecule has 3 aromatic rings. The third-order valence-corrected chi connectivity index (χ3v) is 5.14. The van der Waals surface area contributed by atoms with Crippen LogP contribution in [0.1, 0.15) is 17.5 Å². The van der Waals surface area contributed by atoms with Gasteiger partial charge >= 0.3 is 0 Å². The second kappa shape index (κ2) is 9.23. The summed E-state index contributed by atoms with van der Waals surface area (Å²) >= 11 is 0. The highest BCUT2D eigenvalue weighted by Crippen LogP contribution is 2.19. The van der Waals surface area contributed by atoms with Crippen molar-refractivity contribution < 1.29 is 0 Å². The fourth-order valence-electron chi connectivity index (χ4n) is 3.66. The van der Waals surface area contributed by atoms with E-state index in [0.717, 1.165) is 38.6 Å². The molecule has 0 aliphatic carbocycles. The molecule has 0 radical (unpaired) electrons. The van der Waals surface area contributed by atoms with Crippen molar-refractivity contribution in [1.82, 2.24) is 25.4 Å². The number of benzene rings is 2. The minimum atomic E-state index is 0.389. The Morgan fingerprint density at radius 1 is 1.14 bits per heavy atom. The first-order valence-corrected chi connectivity index (χ1v) is 9.97. The van der Waals surface area contributed by atoms with E-state index in [-0.39, 0.29) is 0 Å². The summed E-state index contributed by atoms with van der Waals surface area (Å²) in [6.45, 7) is 3.49. The number of anilines is 1. The highest BCUT2D eigenvalue weighted by molar-refractivity contribution is 5.80. The molecule has 29 heavy (non-hydrogen) atoms. The molecule has 1 saturated heterocycles. The van der Waals surface area contributed by atoms with Crippen molar-refractivity contribution in [1.29, 1.82) is 0 Å². The molecule has 1 atom stereocenters.